The maximum atomic E-state index is 14.0. The Morgan fingerprint density at radius 3 is 2.27 bits per heavy atom. The fraction of sp³-hybridized carbons (Fsp3) is 0.333. The number of carbonyl (C=O) groups excluding carboxylic acids is 1. The lowest BCUT2D eigenvalue weighted by molar-refractivity contribution is -0.141. The SMILES string of the molecule is CC(C)c1nc(C(F)(F)F)ccc1C=CC(=O)NCCc1cc(F)c(NS(C)(=O)=O)c(F)c1. The smallest absolute Gasteiger partial charge is 0.352 e. The van der Waals surface area contributed by atoms with Gasteiger partial charge in [-0.1, -0.05) is 19.9 Å². The molecule has 0 spiro atoms. The Labute approximate surface area is 188 Å². The standard InChI is InChI=1S/C21H22F5N3O3S/c1-12(2)19-14(4-6-17(28-19)21(24,25)26)5-7-18(30)27-9-8-13-10-15(22)20(16(23)11-13)29-33(3,31)32/h4-7,10-12,29H,8-9H2,1-3H3,(H,27,30). The third-order valence-corrected chi connectivity index (χ3v) is 4.89. The highest BCUT2D eigenvalue weighted by Gasteiger charge is 2.33. The molecule has 180 valence electrons. The summed E-state index contributed by atoms with van der Waals surface area (Å²) < 4.78 is 90.7. The number of amides is 1. The zero-order valence-electron chi connectivity index (χ0n) is 17.9. The number of pyridine rings is 1. The summed E-state index contributed by atoms with van der Waals surface area (Å²) in [5.41, 5.74) is -1.10. The van der Waals surface area contributed by atoms with E-state index in [0.717, 1.165) is 30.5 Å². The number of anilines is 1. The first-order chi connectivity index (χ1) is 15.2. The first-order valence-corrected chi connectivity index (χ1v) is 11.6. The number of nitrogens with zero attached hydrogens (tertiary/aromatic N) is 1. The molecule has 1 aromatic carbocycles. The average Bonchev–Trinajstić information content (AvgIpc) is 2.67. The number of alkyl halides is 3. The van der Waals surface area contributed by atoms with E-state index >= 15 is 0 Å². The maximum absolute atomic E-state index is 14.0. The van der Waals surface area contributed by atoms with Crippen LogP contribution in [0.25, 0.3) is 6.08 Å². The van der Waals surface area contributed by atoms with Gasteiger partial charge in [0.15, 0.2) is 11.6 Å². The molecular formula is C21H22F5N3O3S. The summed E-state index contributed by atoms with van der Waals surface area (Å²) >= 11 is 0. The lowest BCUT2D eigenvalue weighted by Gasteiger charge is -2.13. The molecule has 12 heteroatoms. The molecule has 0 saturated heterocycles. The molecule has 0 aliphatic rings. The van der Waals surface area contributed by atoms with Gasteiger partial charge in [0.2, 0.25) is 15.9 Å². The zero-order valence-corrected chi connectivity index (χ0v) is 18.7. The normalized spacial score (nSPS) is 12.4. The summed E-state index contributed by atoms with van der Waals surface area (Å²) in [5, 5.41) is 2.49. The lowest BCUT2D eigenvalue weighted by Crippen LogP contribution is -2.23. The minimum Gasteiger partial charge on any atom is -0.352 e. The van der Waals surface area contributed by atoms with E-state index in [2.05, 4.69) is 10.3 Å². The number of rotatable bonds is 8. The quantitative estimate of drug-likeness (QED) is 0.427. The fourth-order valence-corrected chi connectivity index (χ4v) is 3.42. The first kappa shape index (κ1) is 26.2. The van der Waals surface area contributed by atoms with E-state index in [1.54, 1.807) is 18.6 Å². The predicted molar refractivity (Wildman–Crippen MR) is 114 cm³/mol. The summed E-state index contributed by atoms with van der Waals surface area (Å²) in [6, 6.07) is 3.95. The van der Waals surface area contributed by atoms with Gasteiger partial charge in [-0.25, -0.2) is 22.2 Å². The van der Waals surface area contributed by atoms with Crippen molar-refractivity contribution in [2.24, 2.45) is 0 Å². The van der Waals surface area contributed by atoms with Gasteiger partial charge in [-0.2, -0.15) is 13.2 Å². The Kier molecular flexibility index (Phi) is 8.17. The van der Waals surface area contributed by atoms with Crippen LogP contribution in [0.5, 0.6) is 0 Å². The second-order valence-electron chi connectivity index (χ2n) is 7.51. The first-order valence-electron chi connectivity index (χ1n) is 9.67. The van der Waals surface area contributed by atoms with Gasteiger partial charge in [0.05, 0.1) is 11.9 Å². The molecule has 2 N–H and O–H groups in total. The van der Waals surface area contributed by atoms with E-state index < -0.39 is 45.1 Å². The lowest BCUT2D eigenvalue weighted by atomic mass is 10.0. The van der Waals surface area contributed by atoms with E-state index in [9.17, 15) is 35.2 Å². The van der Waals surface area contributed by atoms with Gasteiger partial charge in [0.1, 0.15) is 11.4 Å². The van der Waals surface area contributed by atoms with Crippen molar-refractivity contribution in [3.63, 3.8) is 0 Å². The molecule has 1 aromatic heterocycles. The Balaban J connectivity index is 2.02. The highest BCUT2D eigenvalue weighted by atomic mass is 32.2. The van der Waals surface area contributed by atoms with Gasteiger partial charge in [-0.15, -0.1) is 0 Å². The van der Waals surface area contributed by atoms with Gasteiger partial charge in [0.25, 0.3) is 0 Å². The average molecular weight is 491 g/mol. The van der Waals surface area contributed by atoms with Gasteiger partial charge < -0.3 is 5.32 Å². The molecule has 0 aliphatic carbocycles. The van der Waals surface area contributed by atoms with E-state index in [4.69, 9.17) is 0 Å². The predicted octanol–water partition coefficient (Wildman–Crippen LogP) is 4.25. The number of nitrogens with one attached hydrogen (secondary N) is 2. The monoisotopic (exact) mass is 491 g/mol. The molecule has 6 nitrogen and oxygen atoms in total. The van der Waals surface area contributed by atoms with Gasteiger partial charge in [-0.05, 0) is 47.7 Å². The molecule has 1 heterocycles. The van der Waals surface area contributed by atoms with Crippen molar-refractivity contribution in [1.82, 2.24) is 10.3 Å². The van der Waals surface area contributed by atoms with Crippen molar-refractivity contribution in [3.8, 4) is 0 Å². The molecule has 0 atom stereocenters. The van der Waals surface area contributed by atoms with E-state index in [-0.39, 0.29) is 30.1 Å². The fourth-order valence-electron chi connectivity index (χ4n) is 2.85. The summed E-state index contributed by atoms with van der Waals surface area (Å²) in [6.45, 7) is 3.35. The molecule has 0 aliphatic heterocycles. The van der Waals surface area contributed by atoms with Crippen molar-refractivity contribution < 1.29 is 35.2 Å². The van der Waals surface area contributed by atoms with Crippen LogP contribution in [0.2, 0.25) is 0 Å². The minimum absolute atomic E-state index is 0.00318. The molecule has 0 unspecified atom stereocenters. The van der Waals surface area contributed by atoms with Crippen LogP contribution in [0.3, 0.4) is 0 Å². The van der Waals surface area contributed by atoms with E-state index in [1.165, 1.54) is 12.1 Å². The molecule has 33 heavy (non-hydrogen) atoms. The van der Waals surface area contributed by atoms with Crippen molar-refractivity contribution in [2.75, 3.05) is 17.5 Å². The summed E-state index contributed by atoms with van der Waals surface area (Å²) in [4.78, 5) is 15.7. The van der Waals surface area contributed by atoms with Gasteiger partial charge >= 0.3 is 6.18 Å². The third-order valence-electron chi connectivity index (χ3n) is 4.31. The second kappa shape index (κ2) is 10.3. The number of hydrogen-bond donors (Lipinski definition) is 2. The van der Waals surface area contributed by atoms with Gasteiger partial charge in [0, 0.05) is 12.6 Å². The largest absolute Gasteiger partial charge is 0.433 e. The third kappa shape index (κ3) is 7.81. The number of sulfonamides is 1. The summed E-state index contributed by atoms with van der Waals surface area (Å²) in [7, 11) is -3.87. The molecule has 0 bridgehead atoms. The highest BCUT2D eigenvalue weighted by molar-refractivity contribution is 7.92. The van der Waals surface area contributed by atoms with Crippen LogP contribution < -0.4 is 10.0 Å². The molecule has 0 fully saturated rings. The molecular weight excluding hydrogens is 469 g/mol. The van der Waals surface area contributed by atoms with Crippen LogP contribution in [-0.4, -0.2) is 32.1 Å². The van der Waals surface area contributed by atoms with Crippen LogP contribution in [0.4, 0.5) is 27.6 Å². The topological polar surface area (TPSA) is 88.2 Å². The Hall–Kier alpha value is -3.02. The number of aromatic nitrogens is 1. The summed E-state index contributed by atoms with van der Waals surface area (Å²) in [6.07, 6.45) is -1.32. The van der Waals surface area contributed by atoms with Crippen LogP contribution in [0, 0.1) is 11.6 Å². The van der Waals surface area contributed by atoms with Crippen molar-refractivity contribution in [1.29, 1.82) is 0 Å². The Morgan fingerprint density at radius 1 is 1.15 bits per heavy atom. The molecule has 0 radical (unpaired) electrons. The second-order valence-corrected chi connectivity index (χ2v) is 9.25. The van der Waals surface area contributed by atoms with Gasteiger partial charge in [-0.3, -0.25) is 9.52 Å². The highest BCUT2D eigenvalue weighted by Crippen LogP contribution is 2.30. The maximum Gasteiger partial charge on any atom is 0.433 e. The molecule has 0 saturated carbocycles. The molecule has 2 aromatic rings. The van der Waals surface area contributed by atoms with E-state index in [1.807, 2.05) is 0 Å². The van der Waals surface area contributed by atoms with Crippen molar-refractivity contribution in [2.45, 2.75) is 32.4 Å². The summed E-state index contributed by atoms with van der Waals surface area (Å²) in [5.74, 6) is -3.09. The van der Waals surface area contributed by atoms with Crippen LogP contribution in [0.15, 0.2) is 30.3 Å². The number of halogens is 5. The van der Waals surface area contributed by atoms with Crippen molar-refractivity contribution in [3.05, 3.63) is 64.5 Å². The Morgan fingerprint density at radius 2 is 1.76 bits per heavy atom. The molecule has 1 amide bonds. The number of carbonyl (C=O) groups is 1. The minimum atomic E-state index is -4.58. The molecule has 2 rings (SSSR count). The number of hydrogen-bond acceptors (Lipinski definition) is 4. The van der Waals surface area contributed by atoms with E-state index in [0.29, 0.717) is 5.56 Å². The number of benzene rings is 1. The van der Waals surface area contributed by atoms with Crippen LogP contribution >= 0.6 is 0 Å². The van der Waals surface area contributed by atoms with Crippen molar-refractivity contribution >= 4 is 27.7 Å². The Bertz CT molecular complexity index is 1140. The zero-order chi connectivity index (χ0) is 25.0. The van der Waals surface area contributed by atoms with Crippen LogP contribution in [0.1, 0.15) is 42.3 Å². The van der Waals surface area contributed by atoms with Crippen LogP contribution in [-0.2, 0) is 27.4 Å².